The molecule has 0 amide bonds. The van der Waals surface area contributed by atoms with Gasteiger partial charge in [-0.1, -0.05) is 0 Å². The van der Waals surface area contributed by atoms with Crippen molar-refractivity contribution in [1.82, 2.24) is 5.32 Å². The highest BCUT2D eigenvalue weighted by atomic mass is 79.9. The molecule has 0 bridgehead atoms. The van der Waals surface area contributed by atoms with Crippen molar-refractivity contribution in [3.05, 3.63) is 28.4 Å². The zero-order chi connectivity index (χ0) is 11.8. The van der Waals surface area contributed by atoms with Gasteiger partial charge < -0.3 is 14.5 Å². The smallest absolute Gasteiger partial charge is 0.148 e. The van der Waals surface area contributed by atoms with Gasteiger partial charge in [-0.05, 0) is 47.0 Å². The predicted molar refractivity (Wildman–Crippen MR) is 70.3 cm³/mol. The van der Waals surface area contributed by atoms with Crippen LogP contribution in [0.2, 0.25) is 0 Å². The van der Waals surface area contributed by atoms with Crippen molar-refractivity contribution < 1.29 is 9.15 Å². The third-order valence-corrected chi connectivity index (χ3v) is 3.56. The number of nitrogens with one attached hydrogen (secondary N) is 1. The number of ether oxygens (including phenoxy) is 1. The fourth-order valence-electron chi connectivity index (χ4n) is 1.88. The summed E-state index contributed by atoms with van der Waals surface area (Å²) in [6.45, 7) is 0.800. The van der Waals surface area contributed by atoms with E-state index >= 15 is 0 Å². The molecule has 0 saturated heterocycles. The van der Waals surface area contributed by atoms with Gasteiger partial charge in [0.1, 0.15) is 17.1 Å². The van der Waals surface area contributed by atoms with Crippen molar-refractivity contribution in [1.29, 1.82) is 0 Å². The molecule has 0 atom stereocenters. The highest BCUT2D eigenvalue weighted by Crippen LogP contribution is 2.32. The van der Waals surface area contributed by atoms with E-state index in [0.717, 1.165) is 33.5 Å². The second kappa shape index (κ2) is 4.35. The van der Waals surface area contributed by atoms with Crippen LogP contribution in [0.25, 0.3) is 11.0 Å². The number of methoxy groups -OCH3 is 1. The summed E-state index contributed by atoms with van der Waals surface area (Å²) in [5, 5.41) is 4.51. The molecule has 1 fully saturated rings. The molecular weight excluding hydrogens is 282 g/mol. The lowest BCUT2D eigenvalue weighted by atomic mass is 10.2. The molecule has 1 aromatic heterocycles. The van der Waals surface area contributed by atoms with Gasteiger partial charge in [-0.25, -0.2) is 0 Å². The number of fused-ring (bicyclic) bond motifs is 1. The van der Waals surface area contributed by atoms with Gasteiger partial charge in [-0.3, -0.25) is 0 Å². The van der Waals surface area contributed by atoms with Crippen molar-refractivity contribution in [2.45, 2.75) is 25.4 Å². The molecule has 4 heteroatoms. The van der Waals surface area contributed by atoms with Crippen molar-refractivity contribution in [2.24, 2.45) is 0 Å². The minimum Gasteiger partial charge on any atom is -0.497 e. The summed E-state index contributed by atoms with van der Waals surface area (Å²) in [5.74, 6) is 1.81. The van der Waals surface area contributed by atoms with Gasteiger partial charge in [0.15, 0.2) is 0 Å². The van der Waals surface area contributed by atoms with Crippen LogP contribution in [0, 0.1) is 0 Å². The van der Waals surface area contributed by atoms with Crippen molar-refractivity contribution in [3.63, 3.8) is 0 Å². The van der Waals surface area contributed by atoms with Crippen LogP contribution in [-0.2, 0) is 6.54 Å². The predicted octanol–water partition coefficient (Wildman–Crippen LogP) is 3.46. The lowest BCUT2D eigenvalue weighted by molar-refractivity contribution is 0.415. The minimum atomic E-state index is 0.696. The van der Waals surface area contributed by atoms with E-state index in [1.165, 1.54) is 12.8 Å². The highest BCUT2D eigenvalue weighted by Gasteiger charge is 2.20. The Hall–Kier alpha value is -1.00. The van der Waals surface area contributed by atoms with Gasteiger partial charge in [0.25, 0.3) is 0 Å². The van der Waals surface area contributed by atoms with Crippen molar-refractivity contribution in [2.75, 3.05) is 7.11 Å². The molecule has 1 aromatic carbocycles. The number of hydrogen-bond donors (Lipinski definition) is 1. The minimum absolute atomic E-state index is 0.696. The lowest BCUT2D eigenvalue weighted by Crippen LogP contribution is -2.14. The summed E-state index contributed by atoms with van der Waals surface area (Å²) in [6.07, 6.45) is 2.58. The number of furan rings is 1. The molecule has 0 unspecified atom stereocenters. The average Bonchev–Trinajstić information content (AvgIpc) is 3.06. The molecule has 3 rings (SSSR count). The molecule has 1 saturated carbocycles. The molecule has 17 heavy (non-hydrogen) atoms. The van der Waals surface area contributed by atoms with Crippen LogP contribution >= 0.6 is 15.9 Å². The van der Waals surface area contributed by atoms with Crippen LogP contribution in [0.1, 0.15) is 18.6 Å². The summed E-state index contributed by atoms with van der Waals surface area (Å²) >= 11 is 3.50. The van der Waals surface area contributed by atoms with Crippen LogP contribution in [-0.4, -0.2) is 13.2 Å². The average molecular weight is 296 g/mol. The van der Waals surface area contributed by atoms with Crippen LogP contribution in [0.15, 0.2) is 27.1 Å². The zero-order valence-electron chi connectivity index (χ0n) is 9.63. The highest BCUT2D eigenvalue weighted by molar-refractivity contribution is 9.10. The summed E-state index contributed by atoms with van der Waals surface area (Å²) in [4.78, 5) is 0. The van der Waals surface area contributed by atoms with Crippen LogP contribution in [0.5, 0.6) is 5.75 Å². The van der Waals surface area contributed by atoms with E-state index in [9.17, 15) is 0 Å². The molecule has 1 aliphatic carbocycles. The number of rotatable bonds is 4. The molecule has 1 aliphatic rings. The van der Waals surface area contributed by atoms with E-state index in [0.29, 0.717) is 6.04 Å². The topological polar surface area (TPSA) is 34.4 Å². The Morgan fingerprint density at radius 1 is 1.41 bits per heavy atom. The van der Waals surface area contributed by atoms with Crippen LogP contribution < -0.4 is 10.1 Å². The Labute approximate surface area is 108 Å². The van der Waals surface area contributed by atoms with E-state index in [2.05, 4.69) is 27.3 Å². The van der Waals surface area contributed by atoms with Crippen molar-refractivity contribution >= 4 is 26.9 Å². The Kier molecular flexibility index (Phi) is 2.84. The number of halogens is 1. The standard InChI is InChI=1S/C13H14BrNO2/c1-16-10-4-8-5-11(7-15-9-2-3-9)17-13(8)12(14)6-10/h4-6,9,15H,2-3,7H2,1H3. The maximum atomic E-state index is 5.81. The van der Waals surface area contributed by atoms with Gasteiger partial charge >= 0.3 is 0 Å². The van der Waals surface area contributed by atoms with E-state index in [4.69, 9.17) is 9.15 Å². The number of hydrogen-bond acceptors (Lipinski definition) is 3. The molecule has 0 spiro atoms. The largest absolute Gasteiger partial charge is 0.497 e. The molecule has 2 aromatic rings. The summed E-state index contributed by atoms with van der Waals surface area (Å²) in [5.41, 5.74) is 0.887. The summed E-state index contributed by atoms with van der Waals surface area (Å²) < 4.78 is 12.0. The quantitative estimate of drug-likeness (QED) is 0.938. The molecule has 1 N–H and O–H groups in total. The fourth-order valence-corrected chi connectivity index (χ4v) is 2.41. The molecule has 1 heterocycles. The van der Waals surface area contributed by atoms with E-state index < -0.39 is 0 Å². The van der Waals surface area contributed by atoms with Crippen LogP contribution in [0.3, 0.4) is 0 Å². The Morgan fingerprint density at radius 2 is 2.24 bits per heavy atom. The normalized spacial score (nSPS) is 15.4. The maximum absolute atomic E-state index is 5.81. The first-order valence-electron chi connectivity index (χ1n) is 5.75. The molecule has 0 radical (unpaired) electrons. The van der Waals surface area contributed by atoms with Gasteiger partial charge in [-0.2, -0.15) is 0 Å². The first-order valence-corrected chi connectivity index (χ1v) is 6.55. The maximum Gasteiger partial charge on any atom is 0.148 e. The Balaban J connectivity index is 1.90. The summed E-state index contributed by atoms with van der Waals surface area (Å²) in [7, 11) is 1.67. The third kappa shape index (κ3) is 2.33. The lowest BCUT2D eigenvalue weighted by Gasteiger charge is -2.00. The number of benzene rings is 1. The monoisotopic (exact) mass is 295 g/mol. The summed E-state index contributed by atoms with van der Waals surface area (Å²) in [6, 6.07) is 6.67. The van der Waals surface area contributed by atoms with E-state index in [1.54, 1.807) is 7.11 Å². The molecule has 90 valence electrons. The van der Waals surface area contributed by atoms with Crippen LogP contribution in [0.4, 0.5) is 0 Å². The third-order valence-electron chi connectivity index (χ3n) is 2.97. The van der Waals surface area contributed by atoms with E-state index in [1.807, 2.05) is 12.1 Å². The Morgan fingerprint density at radius 3 is 2.94 bits per heavy atom. The first kappa shape index (κ1) is 11.1. The van der Waals surface area contributed by atoms with Gasteiger partial charge in [0.2, 0.25) is 0 Å². The van der Waals surface area contributed by atoms with E-state index in [-0.39, 0.29) is 0 Å². The Bertz CT molecular complexity index is 546. The second-order valence-corrected chi connectivity index (χ2v) is 5.25. The SMILES string of the molecule is COc1cc(Br)c2oc(CNC3CC3)cc2c1. The van der Waals surface area contributed by atoms with Gasteiger partial charge in [0.05, 0.1) is 18.1 Å². The molecule has 3 nitrogen and oxygen atoms in total. The van der Waals surface area contributed by atoms with Crippen molar-refractivity contribution in [3.8, 4) is 5.75 Å². The second-order valence-electron chi connectivity index (χ2n) is 4.40. The zero-order valence-corrected chi connectivity index (χ0v) is 11.2. The first-order chi connectivity index (χ1) is 8.26. The fraction of sp³-hybridized carbons (Fsp3) is 0.385. The molecule has 0 aliphatic heterocycles. The van der Waals surface area contributed by atoms with Gasteiger partial charge in [0, 0.05) is 11.4 Å². The molecular formula is C13H14BrNO2. The van der Waals surface area contributed by atoms with Gasteiger partial charge in [-0.15, -0.1) is 0 Å².